The molecule has 0 amide bonds. The zero-order valence-corrected chi connectivity index (χ0v) is 21.3. The number of halogens is 1. The van der Waals surface area contributed by atoms with Gasteiger partial charge in [-0.05, 0) is 74.0 Å². The molecule has 1 aliphatic carbocycles. The highest BCUT2D eigenvalue weighted by Gasteiger charge is 2.41. The lowest BCUT2D eigenvalue weighted by Crippen LogP contribution is -2.37. The van der Waals surface area contributed by atoms with Gasteiger partial charge in [0.15, 0.2) is 5.82 Å². The van der Waals surface area contributed by atoms with Crippen molar-refractivity contribution in [1.82, 2.24) is 20.4 Å². The smallest absolute Gasteiger partial charge is 0.240 e. The number of hydrogen-bond donors (Lipinski definition) is 1. The van der Waals surface area contributed by atoms with Gasteiger partial charge in [0.2, 0.25) is 5.89 Å². The van der Waals surface area contributed by atoms with E-state index in [1.54, 1.807) is 7.11 Å². The van der Waals surface area contributed by atoms with Crippen LogP contribution >= 0.6 is 11.6 Å². The predicted molar refractivity (Wildman–Crippen MR) is 138 cm³/mol. The van der Waals surface area contributed by atoms with E-state index in [2.05, 4.69) is 45.7 Å². The highest BCUT2D eigenvalue weighted by atomic mass is 35.5. The van der Waals surface area contributed by atoms with Gasteiger partial charge in [-0.15, -0.1) is 0 Å². The summed E-state index contributed by atoms with van der Waals surface area (Å²) in [6.07, 6.45) is 6.79. The third-order valence-electron chi connectivity index (χ3n) is 7.80. The van der Waals surface area contributed by atoms with Crippen molar-refractivity contribution in [2.24, 2.45) is 0 Å². The predicted octanol–water partition coefficient (Wildman–Crippen LogP) is 5.56. The van der Waals surface area contributed by atoms with E-state index in [9.17, 15) is 0 Å². The standard InChI is InChI=1S/C28H35ClN4O2/c1-34-25-7-3-2-6-24(25)21-12-17-33(18-13-21)19-16-30-20-26-31-27(32-35-26)28(14-4-5-15-28)22-8-10-23(29)11-9-22/h2-3,6-11,21,30H,4-5,12-20H2,1H3. The molecule has 35 heavy (non-hydrogen) atoms. The Labute approximate surface area is 213 Å². The summed E-state index contributed by atoms with van der Waals surface area (Å²) >= 11 is 6.12. The van der Waals surface area contributed by atoms with Gasteiger partial charge in [-0.2, -0.15) is 4.98 Å². The Balaban J connectivity index is 1.10. The van der Waals surface area contributed by atoms with Crippen LogP contribution in [0.5, 0.6) is 5.75 Å². The third kappa shape index (κ3) is 5.40. The summed E-state index contributed by atoms with van der Waals surface area (Å²) in [6.45, 7) is 4.74. The number of rotatable bonds is 9. The van der Waals surface area contributed by atoms with Gasteiger partial charge in [0.25, 0.3) is 0 Å². The van der Waals surface area contributed by atoms with Crippen molar-refractivity contribution in [3.8, 4) is 5.75 Å². The average Bonchev–Trinajstić information content (AvgIpc) is 3.58. The summed E-state index contributed by atoms with van der Waals surface area (Å²) in [6, 6.07) is 16.6. The van der Waals surface area contributed by atoms with Crippen molar-refractivity contribution in [1.29, 1.82) is 0 Å². The lowest BCUT2D eigenvalue weighted by molar-refractivity contribution is 0.210. The molecule has 2 heterocycles. The monoisotopic (exact) mass is 494 g/mol. The van der Waals surface area contributed by atoms with E-state index in [0.29, 0.717) is 18.4 Å². The van der Waals surface area contributed by atoms with Crippen molar-refractivity contribution in [3.05, 3.63) is 76.4 Å². The molecule has 186 valence electrons. The quantitative estimate of drug-likeness (QED) is 0.393. The van der Waals surface area contributed by atoms with Gasteiger partial charge in [-0.25, -0.2) is 0 Å². The van der Waals surface area contributed by atoms with E-state index in [4.69, 9.17) is 25.8 Å². The van der Waals surface area contributed by atoms with Crippen LogP contribution < -0.4 is 10.1 Å². The van der Waals surface area contributed by atoms with E-state index in [1.807, 2.05) is 18.2 Å². The number of likely N-dealkylation sites (tertiary alicyclic amines) is 1. The fraction of sp³-hybridized carbons (Fsp3) is 0.500. The largest absolute Gasteiger partial charge is 0.496 e. The topological polar surface area (TPSA) is 63.4 Å². The van der Waals surface area contributed by atoms with Crippen LogP contribution in [0.15, 0.2) is 53.1 Å². The lowest BCUT2D eigenvalue weighted by Gasteiger charge is -2.32. The van der Waals surface area contributed by atoms with Gasteiger partial charge >= 0.3 is 0 Å². The number of hydrogen-bond acceptors (Lipinski definition) is 6. The summed E-state index contributed by atoms with van der Waals surface area (Å²) in [5.74, 6) is 3.07. The van der Waals surface area contributed by atoms with Crippen molar-refractivity contribution in [3.63, 3.8) is 0 Å². The zero-order chi connectivity index (χ0) is 24.1. The fourth-order valence-electron chi connectivity index (χ4n) is 5.81. The normalized spacial score (nSPS) is 18.7. The van der Waals surface area contributed by atoms with Gasteiger partial charge in [-0.3, -0.25) is 0 Å². The number of piperidine rings is 1. The molecule has 0 spiro atoms. The molecule has 3 aromatic rings. The Hall–Kier alpha value is -2.41. The summed E-state index contributed by atoms with van der Waals surface area (Å²) in [5, 5.41) is 8.66. The van der Waals surface area contributed by atoms with Crippen molar-refractivity contribution < 1.29 is 9.26 Å². The maximum absolute atomic E-state index is 6.12. The van der Waals surface area contributed by atoms with Gasteiger partial charge in [-0.1, -0.05) is 59.9 Å². The Morgan fingerprint density at radius 1 is 1.09 bits per heavy atom. The molecule has 2 aromatic carbocycles. The first-order valence-electron chi connectivity index (χ1n) is 12.8. The van der Waals surface area contributed by atoms with Crippen molar-refractivity contribution in [2.75, 3.05) is 33.3 Å². The van der Waals surface area contributed by atoms with E-state index < -0.39 is 0 Å². The molecule has 1 saturated heterocycles. The molecule has 2 fully saturated rings. The molecule has 1 N–H and O–H groups in total. The minimum Gasteiger partial charge on any atom is -0.496 e. The highest BCUT2D eigenvalue weighted by Crippen LogP contribution is 2.45. The molecular formula is C28H35ClN4O2. The number of nitrogens with zero attached hydrogens (tertiary/aromatic N) is 3. The van der Waals surface area contributed by atoms with E-state index in [-0.39, 0.29) is 5.41 Å². The second kappa shape index (κ2) is 11.1. The Morgan fingerprint density at radius 3 is 2.57 bits per heavy atom. The SMILES string of the molecule is COc1ccccc1C1CCN(CCNCc2nc(C3(c4ccc(Cl)cc4)CCCC3)no2)CC1. The molecule has 0 atom stereocenters. The highest BCUT2D eigenvalue weighted by molar-refractivity contribution is 6.30. The molecular weight excluding hydrogens is 460 g/mol. The van der Waals surface area contributed by atoms with Gasteiger partial charge in [0, 0.05) is 18.1 Å². The average molecular weight is 495 g/mol. The summed E-state index contributed by atoms with van der Waals surface area (Å²) < 4.78 is 11.2. The van der Waals surface area contributed by atoms with E-state index in [1.165, 1.54) is 36.8 Å². The molecule has 0 unspecified atom stereocenters. The maximum Gasteiger partial charge on any atom is 0.240 e. The van der Waals surface area contributed by atoms with E-state index >= 15 is 0 Å². The molecule has 0 bridgehead atoms. The molecule has 5 rings (SSSR count). The number of nitrogens with one attached hydrogen (secondary N) is 1. The second-order valence-electron chi connectivity index (χ2n) is 9.84. The van der Waals surface area contributed by atoms with Crippen LogP contribution in [0.25, 0.3) is 0 Å². The molecule has 1 aliphatic heterocycles. The lowest BCUT2D eigenvalue weighted by atomic mass is 9.78. The first-order valence-corrected chi connectivity index (χ1v) is 13.2. The van der Waals surface area contributed by atoms with Crippen LogP contribution in [0, 0.1) is 0 Å². The number of methoxy groups -OCH3 is 1. The van der Waals surface area contributed by atoms with Crippen LogP contribution in [-0.4, -0.2) is 48.3 Å². The molecule has 1 aromatic heterocycles. The molecule has 6 nitrogen and oxygen atoms in total. The van der Waals surface area contributed by atoms with Crippen LogP contribution in [0.3, 0.4) is 0 Å². The first kappa shape index (κ1) is 24.3. The summed E-state index contributed by atoms with van der Waals surface area (Å²) in [4.78, 5) is 7.34. The second-order valence-corrected chi connectivity index (χ2v) is 10.3. The van der Waals surface area contributed by atoms with Crippen LogP contribution in [0.4, 0.5) is 0 Å². The van der Waals surface area contributed by atoms with Gasteiger partial charge < -0.3 is 19.5 Å². The zero-order valence-electron chi connectivity index (χ0n) is 20.5. The minimum atomic E-state index is -0.155. The number of benzene rings is 2. The number of aromatic nitrogens is 2. The molecule has 2 aliphatic rings. The fourth-order valence-corrected chi connectivity index (χ4v) is 5.94. The molecule has 7 heteroatoms. The van der Waals surface area contributed by atoms with Crippen molar-refractivity contribution >= 4 is 11.6 Å². The number of para-hydroxylation sites is 1. The van der Waals surface area contributed by atoms with Crippen LogP contribution in [0.1, 0.15) is 67.3 Å². The summed E-state index contributed by atoms with van der Waals surface area (Å²) in [7, 11) is 1.76. The minimum absolute atomic E-state index is 0.155. The summed E-state index contributed by atoms with van der Waals surface area (Å²) in [5.41, 5.74) is 2.42. The maximum atomic E-state index is 6.12. The van der Waals surface area contributed by atoms with Crippen molar-refractivity contribution in [2.45, 2.75) is 56.4 Å². The Morgan fingerprint density at radius 2 is 1.83 bits per heavy atom. The molecule has 1 saturated carbocycles. The van der Waals surface area contributed by atoms with Crippen LogP contribution in [0.2, 0.25) is 5.02 Å². The van der Waals surface area contributed by atoms with Gasteiger partial charge in [0.1, 0.15) is 5.75 Å². The first-order chi connectivity index (χ1) is 17.2. The Kier molecular flexibility index (Phi) is 7.71. The number of ether oxygens (including phenoxy) is 1. The third-order valence-corrected chi connectivity index (χ3v) is 8.05. The van der Waals surface area contributed by atoms with Gasteiger partial charge in [0.05, 0.1) is 19.1 Å². The molecule has 0 radical (unpaired) electrons. The Bertz CT molecular complexity index is 1090. The van der Waals surface area contributed by atoms with E-state index in [0.717, 1.165) is 55.6 Å². The van der Waals surface area contributed by atoms with Crippen LogP contribution in [-0.2, 0) is 12.0 Å².